The molecule has 1 aliphatic heterocycles. The Kier molecular flexibility index (Phi) is 5.77. The van der Waals surface area contributed by atoms with Gasteiger partial charge in [0.15, 0.2) is 0 Å². The van der Waals surface area contributed by atoms with E-state index in [9.17, 15) is 9.59 Å². The van der Waals surface area contributed by atoms with Crippen LogP contribution in [0.15, 0.2) is 18.2 Å². The Morgan fingerprint density at radius 2 is 1.96 bits per heavy atom. The first-order chi connectivity index (χ1) is 10.9. The first-order valence-electron chi connectivity index (χ1n) is 8.29. The van der Waals surface area contributed by atoms with Gasteiger partial charge >= 0.3 is 11.8 Å². The minimum atomic E-state index is -0.546. The molecule has 2 amide bonds. The normalized spacial score (nSPS) is 16.2. The number of nitrogens with one attached hydrogen (secondary N) is 1. The van der Waals surface area contributed by atoms with Gasteiger partial charge in [-0.3, -0.25) is 9.59 Å². The van der Waals surface area contributed by atoms with E-state index in [1.165, 1.54) is 0 Å². The Hall–Kier alpha value is -1.88. The second-order valence-electron chi connectivity index (χ2n) is 6.37. The van der Waals surface area contributed by atoms with Gasteiger partial charge in [-0.05, 0) is 57.5 Å². The van der Waals surface area contributed by atoms with Crippen molar-refractivity contribution in [3.8, 4) is 0 Å². The van der Waals surface area contributed by atoms with Gasteiger partial charge < -0.3 is 15.1 Å². The first-order valence-corrected chi connectivity index (χ1v) is 8.29. The number of carbonyl (C=O) groups excluding carboxylic acids is 2. The number of nitrogens with zero attached hydrogens (tertiary/aromatic N) is 2. The molecule has 1 aromatic rings. The van der Waals surface area contributed by atoms with Crippen LogP contribution in [0.5, 0.6) is 0 Å². The summed E-state index contributed by atoms with van der Waals surface area (Å²) in [6.45, 7) is 5.90. The fraction of sp³-hybridized carbons (Fsp3) is 0.556. The zero-order valence-corrected chi connectivity index (χ0v) is 14.6. The van der Waals surface area contributed by atoms with Crippen LogP contribution in [0.2, 0.25) is 0 Å². The maximum atomic E-state index is 12.4. The lowest BCUT2D eigenvalue weighted by Crippen LogP contribution is -2.48. The molecule has 0 atom stereocenters. The van der Waals surface area contributed by atoms with Crippen LogP contribution in [0, 0.1) is 6.92 Å². The van der Waals surface area contributed by atoms with Crippen LogP contribution in [0.1, 0.15) is 30.9 Å². The van der Waals surface area contributed by atoms with Crippen molar-refractivity contribution < 1.29 is 9.59 Å². The zero-order valence-electron chi connectivity index (χ0n) is 14.6. The first kappa shape index (κ1) is 17.5. The predicted molar refractivity (Wildman–Crippen MR) is 92.5 cm³/mol. The summed E-state index contributed by atoms with van der Waals surface area (Å²) in [5.74, 6) is -1.000. The molecule has 0 aromatic heterocycles. The van der Waals surface area contributed by atoms with E-state index in [0.29, 0.717) is 0 Å². The molecule has 1 aliphatic rings. The fourth-order valence-electron chi connectivity index (χ4n) is 3.08. The molecule has 0 spiro atoms. The van der Waals surface area contributed by atoms with Crippen molar-refractivity contribution in [2.45, 2.75) is 39.2 Å². The molecule has 0 radical (unpaired) electrons. The van der Waals surface area contributed by atoms with Crippen molar-refractivity contribution in [1.29, 1.82) is 0 Å². The Morgan fingerprint density at radius 3 is 2.57 bits per heavy atom. The molecule has 1 saturated heterocycles. The third kappa shape index (κ3) is 4.10. The summed E-state index contributed by atoms with van der Waals surface area (Å²) in [7, 11) is 3.81. The molecule has 0 aliphatic carbocycles. The molecule has 5 heteroatoms. The van der Waals surface area contributed by atoms with Gasteiger partial charge in [0.05, 0.1) is 0 Å². The molecule has 0 saturated carbocycles. The molecule has 1 aromatic carbocycles. The standard InChI is InChI=1S/C18H27N3O2/c1-5-14-8-6-7-13(2)16(14)19-17(22)18(23)21(4)15-9-11-20(3)12-10-15/h6-8,15H,5,9-12H2,1-4H3,(H,19,22). The maximum absolute atomic E-state index is 12.4. The third-order valence-electron chi connectivity index (χ3n) is 4.73. The quantitative estimate of drug-likeness (QED) is 0.868. The van der Waals surface area contributed by atoms with Gasteiger partial charge in [0.2, 0.25) is 0 Å². The topological polar surface area (TPSA) is 52.7 Å². The molecule has 126 valence electrons. The van der Waals surface area contributed by atoms with E-state index in [2.05, 4.69) is 17.3 Å². The van der Waals surface area contributed by atoms with Crippen molar-refractivity contribution in [1.82, 2.24) is 9.80 Å². The number of hydrogen-bond donors (Lipinski definition) is 1. The summed E-state index contributed by atoms with van der Waals surface area (Å²) in [6.07, 6.45) is 2.64. The molecule has 0 bridgehead atoms. The van der Waals surface area contributed by atoms with Gasteiger partial charge in [-0.25, -0.2) is 0 Å². The van der Waals surface area contributed by atoms with E-state index in [-0.39, 0.29) is 6.04 Å². The van der Waals surface area contributed by atoms with E-state index >= 15 is 0 Å². The fourth-order valence-corrected chi connectivity index (χ4v) is 3.08. The molecule has 1 N–H and O–H groups in total. The number of rotatable bonds is 3. The van der Waals surface area contributed by atoms with E-state index in [0.717, 1.165) is 49.2 Å². The number of likely N-dealkylation sites (N-methyl/N-ethyl adjacent to an activating group) is 1. The van der Waals surface area contributed by atoms with Crippen LogP contribution >= 0.6 is 0 Å². The monoisotopic (exact) mass is 317 g/mol. The minimum absolute atomic E-state index is 0.145. The second-order valence-corrected chi connectivity index (χ2v) is 6.37. The minimum Gasteiger partial charge on any atom is -0.334 e. The number of benzene rings is 1. The van der Waals surface area contributed by atoms with Gasteiger partial charge in [0, 0.05) is 18.8 Å². The number of carbonyl (C=O) groups is 2. The summed E-state index contributed by atoms with van der Waals surface area (Å²) >= 11 is 0. The van der Waals surface area contributed by atoms with Crippen LogP contribution in [-0.2, 0) is 16.0 Å². The van der Waals surface area contributed by atoms with Crippen molar-refractivity contribution in [3.63, 3.8) is 0 Å². The highest BCUT2D eigenvalue weighted by Crippen LogP contribution is 2.21. The van der Waals surface area contributed by atoms with E-state index in [4.69, 9.17) is 0 Å². The van der Waals surface area contributed by atoms with Crippen LogP contribution in [-0.4, -0.2) is 54.8 Å². The van der Waals surface area contributed by atoms with Crippen LogP contribution in [0.25, 0.3) is 0 Å². The van der Waals surface area contributed by atoms with Crippen molar-refractivity contribution in [3.05, 3.63) is 29.3 Å². The van der Waals surface area contributed by atoms with Crippen LogP contribution in [0.4, 0.5) is 5.69 Å². The number of para-hydroxylation sites is 1. The lowest BCUT2D eigenvalue weighted by molar-refractivity contribution is -0.144. The number of aryl methyl sites for hydroxylation is 2. The summed E-state index contributed by atoms with van der Waals surface area (Å²) in [4.78, 5) is 28.7. The highest BCUT2D eigenvalue weighted by molar-refractivity contribution is 6.39. The number of anilines is 1. The average Bonchev–Trinajstić information content (AvgIpc) is 2.55. The average molecular weight is 317 g/mol. The maximum Gasteiger partial charge on any atom is 0.313 e. The molecular formula is C18H27N3O2. The molecular weight excluding hydrogens is 290 g/mol. The third-order valence-corrected chi connectivity index (χ3v) is 4.73. The Morgan fingerprint density at radius 1 is 1.30 bits per heavy atom. The van der Waals surface area contributed by atoms with Gasteiger partial charge in [-0.15, -0.1) is 0 Å². The second kappa shape index (κ2) is 7.59. The zero-order chi connectivity index (χ0) is 17.0. The van der Waals surface area contributed by atoms with Gasteiger partial charge in [0.25, 0.3) is 0 Å². The molecule has 2 rings (SSSR count). The summed E-state index contributed by atoms with van der Waals surface area (Å²) in [5, 5.41) is 2.82. The van der Waals surface area contributed by atoms with E-state index in [1.807, 2.05) is 32.0 Å². The Labute approximate surface area is 138 Å². The molecule has 23 heavy (non-hydrogen) atoms. The van der Waals surface area contributed by atoms with Gasteiger partial charge in [-0.1, -0.05) is 25.1 Å². The largest absolute Gasteiger partial charge is 0.334 e. The van der Waals surface area contributed by atoms with Crippen molar-refractivity contribution in [2.24, 2.45) is 0 Å². The predicted octanol–water partition coefficient (Wildman–Crippen LogP) is 2.05. The highest BCUT2D eigenvalue weighted by atomic mass is 16.2. The van der Waals surface area contributed by atoms with Crippen molar-refractivity contribution in [2.75, 3.05) is 32.5 Å². The summed E-state index contributed by atoms with van der Waals surface area (Å²) < 4.78 is 0. The lowest BCUT2D eigenvalue weighted by atomic mass is 10.0. The molecule has 0 unspecified atom stereocenters. The highest BCUT2D eigenvalue weighted by Gasteiger charge is 2.28. The van der Waals surface area contributed by atoms with E-state index < -0.39 is 11.8 Å². The SMILES string of the molecule is CCc1cccc(C)c1NC(=O)C(=O)N(C)C1CCN(C)CC1. The molecule has 1 fully saturated rings. The van der Waals surface area contributed by atoms with Crippen molar-refractivity contribution >= 4 is 17.5 Å². The smallest absolute Gasteiger partial charge is 0.313 e. The number of amides is 2. The number of piperidine rings is 1. The molecule has 5 nitrogen and oxygen atoms in total. The number of hydrogen-bond acceptors (Lipinski definition) is 3. The lowest BCUT2D eigenvalue weighted by Gasteiger charge is -2.34. The molecule has 1 heterocycles. The number of likely N-dealkylation sites (tertiary alicyclic amines) is 1. The Balaban J connectivity index is 2.04. The van der Waals surface area contributed by atoms with Crippen LogP contribution < -0.4 is 5.32 Å². The van der Waals surface area contributed by atoms with E-state index in [1.54, 1.807) is 11.9 Å². The van der Waals surface area contributed by atoms with Gasteiger partial charge in [0.1, 0.15) is 0 Å². The van der Waals surface area contributed by atoms with Gasteiger partial charge in [-0.2, -0.15) is 0 Å². The van der Waals surface area contributed by atoms with Crippen LogP contribution in [0.3, 0.4) is 0 Å². The summed E-state index contributed by atoms with van der Waals surface area (Å²) in [5.41, 5.74) is 2.80. The summed E-state index contributed by atoms with van der Waals surface area (Å²) in [6, 6.07) is 6.04. The Bertz CT molecular complexity index is 578.